The third kappa shape index (κ3) is 1.14. The molecule has 0 amide bonds. The summed E-state index contributed by atoms with van der Waals surface area (Å²) in [6.45, 7) is 0.0491. The van der Waals surface area contributed by atoms with E-state index in [-0.39, 0.29) is 23.9 Å². The summed E-state index contributed by atoms with van der Waals surface area (Å²) in [5.41, 5.74) is 0.0664. The first-order chi connectivity index (χ1) is 6.74. The van der Waals surface area contributed by atoms with Crippen LogP contribution >= 0.6 is 0 Å². The van der Waals surface area contributed by atoms with Gasteiger partial charge in [0, 0.05) is 0 Å². The molecule has 1 aliphatic heterocycles. The molecular formula is C9H8O5. The largest absolute Gasteiger partial charge is 0.504 e. The van der Waals surface area contributed by atoms with Crippen LogP contribution in [0.1, 0.15) is 10.4 Å². The maximum absolute atomic E-state index is 11.2. The number of esters is 1. The van der Waals surface area contributed by atoms with Crippen LogP contribution in [-0.4, -0.2) is 25.0 Å². The molecule has 14 heavy (non-hydrogen) atoms. The monoisotopic (exact) mass is 196 g/mol. The van der Waals surface area contributed by atoms with Gasteiger partial charge in [-0.3, -0.25) is 0 Å². The van der Waals surface area contributed by atoms with Gasteiger partial charge in [0.05, 0.1) is 7.11 Å². The Balaban J connectivity index is 2.50. The van der Waals surface area contributed by atoms with E-state index >= 15 is 0 Å². The van der Waals surface area contributed by atoms with Gasteiger partial charge in [-0.1, -0.05) is 0 Å². The number of fused-ring (bicyclic) bond motifs is 1. The molecule has 0 aromatic heterocycles. The molecule has 0 aliphatic carbocycles. The molecule has 0 radical (unpaired) electrons. The van der Waals surface area contributed by atoms with Crippen LogP contribution in [0.4, 0.5) is 0 Å². The van der Waals surface area contributed by atoms with E-state index in [1.165, 1.54) is 13.2 Å². The lowest BCUT2D eigenvalue weighted by atomic mass is 10.2. The summed E-state index contributed by atoms with van der Waals surface area (Å²) in [7, 11) is 1.24. The molecule has 1 aliphatic rings. The molecule has 1 heterocycles. The van der Waals surface area contributed by atoms with Crippen LogP contribution in [0.2, 0.25) is 0 Å². The molecule has 0 saturated carbocycles. The van der Waals surface area contributed by atoms with Crippen molar-refractivity contribution in [3.63, 3.8) is 0 Å². The van der Waals surface area contributed by atoms with E-state index in [0.717, 1.165) is 0 Å². The van der Waals surface area contributed by atoms with Crippen molar-refractivity contribution in [2.45, 2.75) is 0 Å². The zero-order valence-electron chi connectivity index (χ0n) is 7.44. The van der Waals surface area contributed by atoms with Crippen molar-refractivity contribution in [3.05, 3.63) is 17.7 Å². The van der Waals surface area contributed by atoms with Gasteiger partial charge in [-0.05, 0) is 12.1 Å². The number of ether oxygens (including phenoxy) is 3. The normalized spacial score (nSPS) is 12.6. The fourth-order valence-corrected chi connectivity index (χ4v) is 1.23. The number of carbonyl (C=O) groups excluding carboxylic acids is 1. The molecule has 1 aromatic carbocycles. The van der Waals surface area contributed by atoms with Crippen LogP contribution < -0.4 is 9.47 Å². The number of phenolic OH excluding ortho intramolecular Hbond substituents is 1. The molecule has 1 N–H and O–H groups in total. The predicted octanol–water partition coefficient (Wildman–Crippen LogP) is 0.907. The Labute approximate surface area is 79.8 Å². The molecule has 5 heteroatoms. The van der Waals surface area contributed by atoms with Gasteiger partial charge in [0.2, 0.25) is 12.5 Å². The third-order valence-corrected chi connectivity index (χ3v) is 1.92. The second-order valence-corrected chi connectivity index (χ2v) is 2.69. The lowest BCUT2D eigenvalue weighted by molar-refractivity contribution is 0.0596. The maximum Gasteiger partial charge on any atom is 0.341 e. The molecular weight excluding hydrogens is 188 g/mol. The van der Waals surface area contributed by atoms with Gasteiger partial charge >= 0.3 is 5.97 Å². The van der Waals surface area contributed by atoms with E-state index < -0.39 is 5.97 Å². The number of phenols is 1. The van der Waals surface area contributed by atoms with Crippen LogP contribution in [0.5, 0.6) is 17.2 Å². The molecule has 2 rings (SSSR count). The fraction of sp³-hybridized carbons (Fsp3) is 0.222. The van der Waals surface area contributed by atoms with Crippen molar-refractivity contribution < 1.29 is 24.1 Å². The zero-order chi connectivity index (χ0) is 10.1. The molecule has 0 spiro atoms. The summed E-state index contributed by atoms with van der Waals surface area (Å²) in [6, 6.07) is 2.98. The molecule has 5 nitrogen and oxygen atoms in total. The Morgan fingerprint density at radius 2 is 2.29 bits per heavy atom. The topological polar surface area (TPSA) is 65.0 Å². The van der Waals surface area contributed by atoms with Crippen molar-refractivity contribution in [2.24, 2.45) is 0 Å². The lowest BCUT2D eigenvalue weighted by Gasteiger charge is -2.04. The number of benzene rings is 1. The van der Waals surface area contributed by atoms with Gasteiger partial charge in [0.1, 0.15) is 5.56 Å². The summed E-state index contributed by atoms with van der Waals surface area (Å²) in [6.07, 6.45) is 0. The van der Waals surface area contributed by atoms with Gasteiger partial charge in [-0.25, -0.2) is 4.79 Å². The molecule has 0 bridgehead atoms. The van der Waals surface area contributed by atoms with Crippen LogP contribution in [0, 0.1) is 0 Å². The van der Waals surface area contributed by atoms with Gasteiger partial charge in [-0.15, -0.1) is 0 Å². The Kier molecular flexibility index (Phi) is 1.92. The number of hydrogen-bond acceptors (Lipinski definition) is 5. The van der Waals surface area contributed by atoms with E-state index in [4.69, 9.17) is 9.47 Å². The van der Waals surface area contributed by atoms with Crippen LogP contribution in [-0.2, 0) is 4.74 Å². The second kappa shape index (κ2) is 3.10. The zero-order valence-corrected chi connectivity index (χ0v) is 7.44. The number of rotatable bonds is 1. The van der Waals surface area contributed by atoms with Crippen molar-refractivity contribution in [1.82, 2.24) is 0 Å². The van der Waals surface area contributed by atoms with Crippen molar-refractivity contribution in [2.75, 3.05) is 13.9 Å². The summed E-state index contributed by atoms with van der Waals surface area (Å²) in [4.78, 5) is 11.2. The van der Waals surface area contributed by atoms with Crippen molar-refractivity contribution in [1.29, 1.82) is 0 Å². The van der Waals surface area contributed by atoms with E-state index in [2.05, 4.69) is 4.74 Å². The van der Waals surface area contributed by atoms with E-state index in [9.17, 15) is 9.90 Å². The van der Waals surface area contributed by atoms with Gasteiger partial charge in [0.25, 0.3) is 0 Å². The first-order valence-electron chi connectivity index (χ1n) is 3.94. The Hall–Kier alpha value is -1.91. The minimum absolute atomic E-state index is 0.0491. The summed E-state index contributed by atoms with van der Waals surface area (Å²) < 4.78 is 14.5. The minimum Gasteiger partial charge on any atom is -0.504 e. The molecule has 0 unspecified atom stereocenters. The number of hydrogen-bond donors (Lipinski definition) is 1. The highest BCUT2D eigenvalue weighted by molar-refractivity contribution is 5.94. The molecule has 74 valence electrons. The smallest absolute Gasteiger partial charge is 0.341 e. The second-order valence-electron chi connectivity index (χ2n) is 2.69. The molecule has 0 atom stereocenters. The number of carbonyl (C=O) groups is 1. The third-order valence-electron chi connectivity index (χ3n) is 1.92. The number of aromatic hydroxyl groups is 1. The Bertz CT molecular complexity index is 385. The molecule has 1 aromatic rings. The average Bonchev–Trinajstić information content (AvgIpc) is 2.66. The first-order valence-corrected chi connectivity index (χ1v) is 3.94. The van der Waals surface area contributed by atoms with Gasteiger partial charge in [0.15, 0.2) is 11.5 Å². The molecule has 0 saturated heterocycles. The predicted molar refractivity (Wildman–Crippen MR) is 45.6 cm³/mol. The highest BCUT2D eigenvalue weighted by Crippen LogP contribution is 2.42. The highest BCUT2D eigenvalue weighted by atomic mass is 16.7. The lowest BCUT2D eigenvalue weighted by Crippen LogP contribution is -2.01. The summed E-state index contributed by atoms with van der Waals surface area (Å²) >= 11 is 0. The van der Waals surface area contributed by atoms with Crippen LogP contribution in [0.15, 0.2) is 12.1 Å². The Morgan fingerprint density at radius 3 is 3.00 bits per heavy atom. The SMILES string of the molecule is COC(=O)c1ccc2c(c1O)OCO2. The fourth-order valence-electron chi connectivity index (χ4n) is 1.23. The van der Waals surface area contributed by atoms with E-state index in [1.54, 1.807) is 6.07 Å². The first kappa shape index (κ1) is 8.68. The van der Waals surface area contributed by atoms with E-state index in [1.807, 2.05) is 0 Å². The maximum atomic E-state index is 11.2. The van der Waals surface area contributed by atoms with Crippen LogP contribution in [0.3, 0.4) is 0 Å². The van der Waals surface area contributed by atoms with Gasteiger partial charge < -0.3 is 19.3 Å². The highest BCUT2D eigenvalue weighted by Gasteiger charge is 2.23. The van der Waals surface area contributed by atoms with Crippen molar-refractivity contribution in [3.8, 4) is 17.2 Å². The number of methoxy groups -OCH3 is 1. The minimum atomic E-state index is -0.610. The van der Waals surface area contributed by atoms with E-state index in [0.29, 0.717) is 5.75 Å². The quantitative estimate of drug-likeness (QED) is 0.676. The standard InChI is InChI=1S/C9H8O5/c1-12-9(11)5-2-3-6-8(7(5)10)14-4-13-6/h2-3,10H,4H2,1H3. The van der Waals surface area contributed by atoms with Crippen LogP contribution in [0.25, 0.3) is 0 Å². The molecule has 0 fully saturated rings. The van der Waals surface area contributed by atoms with Crippen molar-refractivity contribution >= 4 is 5.97 Å². The van der Waals surface area contributed by atoms with Gasteiger partial charge in [-0.2, -0.15) is 0 Å². The average molecular weight is 196 g/mol. The Morgan fingerprint density at radius 1 is 1.50 bits per heavy atom. The summed E-state index contributed by atoms with van der Waals surface area (Å²) in [5.74, 6) is -0.240. The summed E-state index contributed by atoms with van der Waals surface area (Å²) in [5, 5.41) is 9.61.